The maximum atomic E-state index is 9.26. The van der Waals surface area contributed by atoms with Crippen LogP contribution in [0.4, 0.5) is 0 Å². The van der Waals surface area contributed by atoms with Crippen molar-refractivity contribution in [1.29, 1.82) is 0 Å². The number of morpholine rings is 1. The number of aliphatic hydroxyl groups excluding tert-OH is 1. The summed E-state index contributed by atoms with van der Waals surface area (Å²) >= 11 is 0. The van der Waals surface area contributed by atoms with Crippen molar-refractivity contribution in [3.8, 4) is 0 Å². The summed E-state index contributed by atoms with van der Waals surface area (Å²) in [5.74, 6) is 1.61. The summed E-state index contributed by atoms with van der Waals surface area (Å²) in [6, 6.07) is 0.682. The third-order valence-electron chi connectivity index (χ3n) is 4.82. The Bertz CT molecular complexity index is 273. The van der Waals surface area contributed by atoms with Crippen molar-refractivity contribution in [2.75, 3.05) is 39.4 Å². The van der Waals surface area contributed by atoms with Gasteiger partial charge < -0.3 is 15.2 Å². The maximum absolute atomic E-state index is 9.26. The van der Waals surface area contributed by atoms with E-state index < -0.39 is 0 Å². The second-order valence-electron chi connectivity index (χ2n) is 6.67. The average molecular weight is 284 g/mol. The molecule has 0 amide bonds. The van der Waals surface area contributed by atoms with E-state index in [2.05, 4.69) is 24.1 Å². The van der Waals surface area contributed by atoms with Gasteiger partial charge in [-0.05, 0) is 44.1 Å². The highest BCUT2D eigenvalue weighted by Crippen LogP contribution is 2.30. The molecule has 1 aliphatic heterocycles. The second kappa shape index (κ2) is 8.32. The first kappa shape index (κ1) is 16.2. The first-order valence-corrected chi connectivity index (χ1v) is 8.41. The minimum atomic E-state index is 0.0202. The van der Waals surface area contributed by atoms with Gasteiger partial charge in [0.2, 0.25) is 0 Å². The van der Waals surface area contributed by atoms with E-state index in [1.807, 2.05) is 0 Å². The lowest BCUT2D eigenvalue weighted by molar-refractivity contribution is -0.0591. The lowest BCUT2D eigenvalue weighted by atomic mass is 9.78. The van der Waals surface area contributed by atoms with Crippen molar-refractivity contribution in [3.05, 3.63) is 0 Å². The van der Waals surface area contributed by atoms with Crippen molar-refractivity contribution in [1.82, 2.24) is 10.2 Å². The molecule has 2 N–H and O–H groups in total. The summed E-state index contributed by atoms with van der Waals surface area (Å²) in [6.45, 7) is 9.74. The maximum Gasteiger partial charge on any atom is 0.0932 e. The number of ether oxygens (including phenoxy) is 1. The summed E-state index contributed by atoms with van der Waals surface area (Å²) in [4.78, 5) is 2.49. The number of hydrogen-bond acceptors (Lipinski definition) is 4. The lowest BCUT2D eigenvalue weighted by Crippen LogP contribution is -2.50. The van der Waals surface area contributed by atoms with E-state index >= 15 is 0 Å². The van der Waals surface area contributed by atoms with Gasteiger partial charge in [0.25, 0.3) is 0 Å². The van der Waals surface area contributed by atoms with Crippen LogP contribution >= 0.6 is 0 Å². The van der Waals surface area contributed by atoms with E-state index in [1.165, 1.54) is 25.7 Å². The second-order valence-corrected chi connectivity index (χ2v) is 6.67. The molecular weight excluding hydrogens is 252 g/mol. The summed E-state index contributed by atoms with van der Waals surface area (Å²) in [5, 5.41) is 13.0. The van der Waals surface area contributed by atoms with Crippen molar-refractivity contribution in [3.63, 3.8) is 0 Å². The molecule has 0 aromatic heterocycles. The summed E-state index contributed by atoms with van der Waals surface area (Å²) in [7, 11) is 0. The van der Waals surface area contributed by atoms with E-state index in [-0.39, 0.29) is 12.7 Å². The Morgan fingerprint density at radius 2 is 2.20 bits per heavy atom. The molecule has 4 heteroatoms. The molecule has 2 fully saturated rings. The molecule has 20 heavy (non-hydrogen) atoms. The Morgan fingerprint density at radius 1 is 1.35 bits per heavy atom. The topological polar surface area (TPSA) is 44.7 Å². The van der Waals surface area contributed by atoms with Gasteiger partial charge >= 0.3 is 0 Å². The largest absolute Gasteiger partial charge is 0.394 e. The van der Waals surface area contributed by atoms with Crippen LogP contribution in [0.2, 0.25) is 0 Å². The standard InChI is InChI=1S/C16H32N2O2/c1-3-6-17-16-5-4-13(2)9-14(16)10-18-7-8-20-15(11-18)12-19/h13-17,19H,3-12H2,1-2H3. The van der Waals surface area contributed by atoms with Crippen LogP contribution in [-0.2, 0) is 4.74 Å². The van der Waals surface area contributed by atoms with Crippen LogP contribution in [0, 0.1) is 11.8 Å². The molecule has 0 radical (unpaired) electrons. The van der Waals surface area contributed by atoms with E-state index in [4.69, 9.17) is 4.74 Å². The lowest BCUT2D eigenvalue weighted by Gasteiger charge is -2.40. The normalized spacial score (nSPS) is 36.1. The first-order valence-electron chi connectivity index (χ1n) is 8.41. The molecule has 0 bridgehead atoms. The number of nitrogens with one attached hydrogen (secondary N) is 1. The van der Waals surface area contributed by atoms with E-state index in [0.29, 0.717) is 6.04 Å². The molecule has 0 aromatic rings. The zero-order valence-corrected chi connectivity index (χ0v) is 13.2. The molecule has 0 aromatic carbocycles. The molecule has 1 saturated heterocycles. The fourth-order valence-corrected chi connectivity index (χ4v) is 3.69. The molecule has 0 spiro atoms. The third-order valence-corrected chi connectivity index (χ3v) is 4.82. The summed E-state index contributed by atoms with van der Waals surface area (Å²) < 4.78 is 5.55. The average Bonchev–Trinajstić information content (AvgIpc) is 2.47. The van der Waals surface area contributed by atoms with Gasteiger partial charge in [0, 0.05) is 25.7 Å². The molecular formula is C16H32N2O2. The predicted octanol–water partition coefficient (Wildman–Crippen LogP) is 1.48. The van der Waals surface area contributed by atoms with Crippen molar-refractivity contribution in [2.24, 2.45) is 11.8 Å². The van der Waals surface area contributed by atoms with Crippen LogP contribution in [0.3, 0.4) is 0 Å². The molecule has 2 aliphatic rings. The van der Waals surface area contributed by atoms with Crippen LogP contribution < -0.4 is 5.32 Å². The predicted molar refractivity (Wildman–Crippen MR) is 81.9 cm³/mol. The van der Waals surface area contributed by atoms with Crippen LogP contribution in [0.15, 0.2) is 0 Å². The third kappa shape index (κ3) is 4.69. The van der Waals surface area contributed by atoms with Gasteiger partial charge in [-0.3, -0.25) is 4.90 Å². The van der Waals surface area contributed by atoms with E-state index in [1.54, 1.807) is 0 Å². The molecule has 1 saturated carbocycles. The smallest absolute Gasteiger partial charge is 0.0932 e. The minimum Gasteiger partial charge on any atom is -0.394 e. The minimum absolute atomic E-state index is 0.0202. The monoisotopic (exact) mass is 284 g/mol. The fourth-order valence-electron chi connectivity index (χ4n) is 3.69. The van der Waals surface area contributed by atoms with Gasteiger partial charge in [0.15, 0.2) is 0 Å². The Morgan fingerprint density at radius 3 is 2.95 bits per heavy atom. The van der Waals surface area contributed by atoms with Gasteiger partial charge in [-0.2, -0.15) is 0 Å². The Hall–Kier alpha value is -0.160. The highest BCUT2D eigenvalue weighted by atomic mass is 16.5. The zero-order valence-electron chi connectivity index (χ0n) is 13.2. The molecule has 4 atom stereocenters. The number of aliphatic hydroxyl groups is 1. The van der Waals surface area contributed by atoms with Crippen LogP contribution in [0.5, 0.6) is 0 Å². The molecule has 4 unspecified atom stereocenters. The molecule has 1 heterocycles. The van der Waals surface area contributed by atoms with Gasteiger partial charge in [-0.1, -0.05) is 13.8 Å². The van der Waals surface area contributed by atoms with Gasteiger partial charge in [-0.15, -0.1) is 0 Å². The van der Waals surface area contributed by atoms with Crippen molar-refractivity contribution < 1.29 is 9.84 Å². The first-order chi connectivity index (χ1) is 9.72. The van der Waals surface area contributed by atoms with Crippen molar-refractivity contribution in [2.45, 2.75) is 51.7 Å². The highest BCUT2D eigenvalue weighted by molar-refractivity contribution is 4.86. The Labute approximate surface area is 123 Å². The quantitative estimate of drug-likeness (QED) is 0.775. The Balaban J connectivity index is 1.86. The van der Waals surface area contributed by atoms with Gasteiger partial charge in [0.1, 0.15) is 0 Å². The van der Waals surface area contributed by atoms with Crippen LogP contribution in [0.25, 0.3) is 0 Å². The molecule has 118 valence electrons. The zero-order chi connectivity index (χ0) is 14.4. The number of rotatable bonds is 6. The number of hydrogen-bond donors (Lipinski definition) is 2. The number of nitrogens with zero attached hydrogens (tertiary/aromatic N) is 1. The van der Waals surface area contributed by atoms with Crippen molar-refractivity contribution >= 4 is 0 Å². The fraction of sp³-hybridized carbons (Fsp3) is 1.00. The highest BCUT2D eigenvalue weighted by Gasteiger charge is 2.31. The Kier molecular flexibility index (Phi) is 6.75. The summed E-state index contributed by atoms with van der Waals surface area (Å²) in [6.07, 6.45) is 5.25. The van der Waals surface area contributed by atoms with Gasteiger partial charge in [-0.25, -0.2) is 0 Å². The van der Waals surface area contributed by atoms with Gasteiger partial charge in [0.05, 0.1) is 19.3 Å². The molecule has 2 rings (SSSR count). The SMILES string of the molecule is CCCNC1CCC(C)CC1CN1CCOC(CO)C1. The molecule has 4 nitrogen and oxygen atoms in total. The van der Waals surface area contributed by atoms with E-state index in [9.17, 15) is 5.11 Å². The van der Waals surface area contributed by atoms with E-state index in [0.717, 1.165) is 44.6 Å². The molecule has 1 aliphatic carbocycles. The van der Waals surface area contributed by atoms with Crippen LogP contribution in [0.1, 0.15) is 39.5 Å². The van der Waals surface area contributed by atoms with Crippen LogP contribution in [-0.4, -0.2) is 61.5 Å². The summed E-state index contributed by atoms with van der Waals surface area (Å²) in [5.41, 5.74) is 0.